The van der Waals surface area contributed by atoms with E-state index in [4.69, 9.17) is 0 Å². The van der Waals surface area contributed by atoms with Crippen LogP contribution in [0.2, 0.25) is 0 Å². The van der Waals surface area contributed by atoms with Crippen molar-refractivity contribution in [3.05, 3.63) is 65.2 Å². The summed E-state index contributed by atoms with van der Waals surface area (Å²) in [6, 6.07) is 6.37. The molecule has 1 aromatic heterocycles. The molecule has 0 fully saturated rings. The molecule has 2 rings (SSSR count). The number of hydrogen-bond acceptors (Lipinski definition) is 2. The summed E-state index contributed by atoms with van der Waals surface area (Å²) in [4.78, 5) is 3.72. The Kier molecular flexibility index (Phi) is 4.57. The number of halogens is 4. The maximum atomic E-state index is 13.1. The molecule has 0 saturated carbocycles. The number of hydrogen-bond donors (Lipinski definition) is 1. The molecule has 1 atom stereocenters. The van der Waals surface area contributed by atoms with Crippen LogP contribution in [0, 0.1) is 5.82 Å². The lowest BCUT2D eigenvalue weighted by molar-refractivity contribution is -0.138. The zero-order valence-electron chi connectivity index (χ0n) is 11.3. The highest BCUT2D eigenvalue weighted by molar-refractivity contribution is 5.29. The average molecular weight is 298 g/mol. The molecule has 0 saturated heterocycles. The van der Waals surface area contributed by atoms with E-state index < -0.39 is 17.6 Å². The Morgan fingerprint density at radius 3 is 2.57 bits per heavy atom. The van der Waals surface area contributed by atoms with E-state index in [-0.39, 0.29) is 18.2 Å². The molecule has 0 spiro atoms. The van der Waals surface area contributed by atoms with Crippen molar-refractivity contribution >= 4 is 0 Å². The number of nitrogens with zero attached hydrogens (tertiary/aromatic N) is 1. The smallest absolute Gasteiger partial charge is 0.306 e. The zero-order valence-corrected chi connectivity index (χ0v) is 11.3. The van der Waals surface area contributed by atoms with Crippen LogP contribution in [0.4, 0.5) is 17.6 Å². The molecule has 1 N–H and O–H groups in total. The number of alkyl halides is 3. The quantitative estimate of drug-likeness (QED) is 0.860. The first kappa shape index (κ1) is 15.4. The summed E-state index contributed by atoms with van der Waals surface area (Å²) in [7, 11) is 0. The van der Waals surface area contributed by atoms with Crippen molar-refractivity contribution in [3.8, 4) is 0 Å². The zero-order chi connectivity index (χ0) is 15.5. The molecule has 0 aliphatic rings. The highest BCUT2D eigenvalue weighted by Crippen LogP contribution is 2.32. The Morgan fingerprint density at radius 1 is 1.19 bits per heavy atom. The minimum atomic E-state index is -4.39. The Morgan fingerprint density at radius 2 is 1.90 bits per heavy atom. The Labute approximate surface area is 119 Å². The number of aromatic nitrogens is 1. The molecule has 2 aromatic rings. The summed E-state index contributed by atoms with van der Waals surface area (Å²) in [6.07, 6.45) is -1.83. The Balaban J connectivity index is 2.10. The van der Waals surface area contributed by atoms with Crippen molar-refractivity contribution in [2.45, 2.75) is 25.7 Å². The molecule has 0 amide bonds. The summed E-state index contributed by atoms with van der Waals surface area (Å²) in [5, 5.41) is 2.95. The van der Waals surface area contributed by atoms with Gasteiger partial charge in [-0.2, -0.15) is 13.2 Å². The lowest BCUT2D eigenvalue weighted by Crippen LogP contribution is -2.21. The monoisotopic (exact) mass is 298 g/mol. The van der Waals surface area contributed by atoms with Crippen LogP contribution in [0.15, 0.2) is 42.7 Å². The molecule has 21 heavy (non-hydrogen) atoms. The predicted octanol–water partition coefficient (Wildman–Crippen LogP) is 4.09. The molecular weight excluding hydrogens is 284 g/mol. The molecule has 1 heterocycles. The first-order chi connectivity index (χ1) is 9.88. The average Bonchev–Trinajstić information content (AvgIpc) is 2.44. The van der Waals surface area contributed by atoms with Crippen LogP contribution >= 0.6 is 0 Å². The number of nitrogens with one attached hydrogen (secondary N) is 1. The van der Waals surface area contributed by atoms with Gasteiger partial charge in [-0.15, -0.1) is 0 Å². The lowest BCUT2D eigenvalue weighted by Gasteiger charge is -2.17. The van der Waals surface area contributed by atoms with E-state index in [1.54, 1.807) is 13.0 Å². The Hall–Kier alpha value is -1.95. The molecule has 0 radical (unpaired) electrons. The minimum Gasteiger partial charge on any atom is -0.306 e. The molecule has 2 nitrogen and oxygen atoms in total. The van der Waals surface area contributed by atoms with Gasteiger partial charge in [0.15, 0.2) is 0 Å². The number of rotatable bonds is 4. The van der Waals surface area contributed by atoms with Gasteiger partial charge in [-0.25, -0.2) is 4.39 Å². The second kappa shape index (κ2) is 6.22. The third-order valence-electron chi connectivity index (χ3n) is 3.15. The van der Waals surface area contributed by atoms with Gasteiger partial charge < -0.3 is 5.32 Å². The van der Waals surface area contributed by atoms with Gasteiger partial charge in [0.25, 0.3) is 0 Å². The van der Waals surface area contributed by atoms with Crippen LogP contribution in [-0.2, 0) is 12.7 Å². The molecule has 0 aliphatic heterocycles. The molecule has 6 heteroatoms. The summed E-state index contributed by atoms with van der Waals surface area (Å²) in [6.45, 7) is 1.78. The van der Waals surface area contributed by atoms with E-state index in [1.807, 2.05) is 0 Å². The van der Waals surface area contributed by atoms with Crippen molar-refractivity contribution < 1.29 is 17.6 Å². The van der Waals surface area contributed by atoms with Crippen molar-refractivity contribution in [2.24, 2.45) is 0 Å². The van der Waals surface area contributed by atoms with Crippen molar-refractivity contribution in [2.75, 3.05) is 0 Å². The highest BCUT2D eigenvalue weighted by Gasteiger charge is 2.32. The van der Waals surface area contributed by atoms with Gasteiger partial charge in [-0.05, 0) is 30.2 Å². The predicted molar refractivity (Wildman–Crippen MR) is 70.9 cm³/mol. The fraction of sp³-hybridized carbons (Fsp3) is 0.267. The van der Waals surface area contributed by atoms with Gasteiger partial charge in [-0.3, -0.25) is 4.98 Å². The van der Waals surface area contributed by atoms with Gasteiger partial charge in [-0.1, -0.05) is 18.2 Å². The van der Waals surface area contributed by atoms with Crippen molar-refractivity contribution in [3.63, 3.8) is 0 Å². The summed E-state index contributed by atoms with van der Waals surface area (Å²) in [5.74, 6) is -0.475. The van der Waals surface area contributed by atoms with Crippen molar-refractivity contribution in [1.29, 1.82) is 0 Å². The second-order valence-electron chi connectivity index (χ2n) is 4.69. The summed E-state index contributed by atoms with van der Waals surface area (Å²) < 4.78 is 51.7. The van der Waals surface area contributed by atoms with Gasteiger partial charge in [0, 0.05) is 18.8 Å². The van der Waals surface area contributed by atoms with Gasteiger partial charge in [0.2, 0.25) is 0 Å². The second-order valence-corrected chi connectivity index (χ2v) is 4.69. The largest absolute Gasteiger partial charge is 0.416 e. The molecular formula is C15H14F4N2. The topological polar surface area (TPSA) is 24.9 Å². The molecule has 112 valence electrons. The van der Waals surface area contributed by atoms with Crippen LogP contribution in [0.3, 0.4) is 0 Å². The molecule has 0 bridgehead atoms. The van der Waals surface area contributed by atoms with Crippen LogP contribution in [-0.4, -0.2) is 4.98 Å². The third kappa shape index (κ3) is 4.01. The highest BCUT2D eigenvalue weighted by atomic mass is 19.4. The first-order valence-corrected chi connectivity index (χ1v) is 6.37. The summed E-state index contributed by atoms with van der Waals surface area (Å²) in [5.41, 5.74) is 0.0720. The van der Waals surface area contributed by atoms with Crippen molar-refractivity contribution in [1.82, 2.24) is 10.3 Å². The molecule has 1 unspecified atom stereocenters. The Bertz CT molecular complexity index is 611. The maximum absolute atomic E-state index is 13.1. The normalized spacial score (nSPS) is 13.2. The number of benzene rings is 1. The van der Waals surface area contributed by atoms with Gasteiger partial charge in [0.1, 0.15) is 5.82 Å². The van der Waals surface area contributed by atoms with Crippen LogP contribution in [0.5, 0.6) is 0 Å². The van der Waals surface area contributed by atoms with E-state index in [2.05, 4.69) is 10.3 Å². The standard InChI is InChI=1S/C15H14F4N2/c1-10(12-6-13(16)9-20-7-12)21-8-11-4-2-3-5-14(11)15(17,18)19/h2-7,9-10,21H,8H2,1H3. The van der Waals surface area contributed by atoms with Crippen LogP contribution in [0.25, 0.3) is 0 Å². The summed E-state index contributed by atoms with van der Waals surface area (Å²) >= 11 is 0. The number of pyridine rings is 1. The molecule has 0 aliphatic carbocycles. The van der Waals surface area contributed by atoms with E-state index in [0.29, 0.717) is 5.56 Å². The minimum absolute atomic E-state index is 0.0351. The fourth-order valence-electron chi connectivity index (χ4n) is 2.00. The van der Waals surface area contributed by atoms with E-state index in [1.165, 1.54) is 24.4 Å². The molecule has 1 aromatic carbocycles. The maximum Gasteiger partial charge on any atom is 0.416 e. The van der Waals surface area contributed by atoms with Crippen LogP contribution < -0.4 is 5.32 Å². The third-order valence-corrected chi connectivity index (χ3v) is 3.15. The van der Waals surface area contributed by atoms with E-state index in [0.717, 1.165) is 12.3 Å². The van der Waals surface area contributed by atoms with E-state index in [9.17, 15) is 17.6 Å². The van der Waals surface area contributed by atoms with E-state index >= 15 is 0 Å². The lowest BCUT2D eigenvalue weighted by atomic mass is 10.1. The fourth-order valence-corrected chi connectivity index (χ4v) is 2.00. The van der Waals surface area contributed by atoms with Gasteiger partial charge in [0.05, 0.1) is 11.8 Å². The first-order valence-electron chi connectivity index (χ1n) is 6.37. The van der Waals surface area contributed by atoms with Gasteiger partial charge >= 0.3 is 6.18 Å². The van der Waals surface area contributed by atoms with Crippen LogP contribution in [0.1, 0.15) is 29.7 Å². The SMILES string of the molecule is CC(NCc1ccccc1C(F)(F)F)c1cncc(F)c1.